The van der Waals surface area contributed by atoms with Crippen molar-refractivity contribution in [1.29, 1.82) is 0 Å². The van der Waals surface area contributed by atoms with E-state index >= 15 is 0 Å². The Morgan fingerprint density at radius 1 is 1.04 bits per heavy atom. The van der Waals surface area contributed by atoms with Gasteiger partial charge in [0.05, 0.1) is 16.3 Å². The number of carbonyl (C=O) groups is 1. The van der Waals surface area contributed by atoms with E-state index in [0.717, 1.165) is 0 Å². The molecule has 0 saturated carbocycles. The van der Waals surface area contributed by atoms with Gasteiger partial charge in [-0.2, -0.15) is 0 Å². The number of benzene rings is 2. The Balaban J connectivity index is 1.70. The van der Waals surface area contributed by atoms with E-state index in [2.05, 4.69) is 20.6 Å². The third-order valence-electron chi connectivity index (χ3n) is 3.12. The van der Waals surface area contributed by atoms with Crippen molar-refractivity contribution in [3.05, 3.63) is 77.3 Å². The van der Waals surface area contributed by atoms with Crippen LogP contribution < -0.4 is 10.6 Å². The molecule has 2 aromatic carbocycles. The smallest absolute Gasteiger partial charge is 0.258 e. The molecule has 0 unspecified atom stereocenters. The van der Waals surface area contributed by atoms with Gasteiger partial charge in [-0.15, -0.1) is 0 Å². The van der Waals surface area contributed by atoms with Crippen LogP contribution in [0.1, 0.15) is 10.4 Å². The van der Waals surface area contributed by atoms with E-state index in [4.69, 9.17) is 11.6 Å². The van der Waals surface area contributed by atoms with Crippen LogP contribution >= 0.6 is 11.6 Å². The molecule has 0 radical (unpaired) electrons. The number of nitrogens with one attached hydrogen (secondary N) is 2. The minimum absolute atomic E-state index is 0.254. The molecule has 0 aliphatic rings. The van der Waals surface area contributed by atoms with Crippen LogP contribution in [-0.4, -0.2) is 15.9 Å². The molecule has 1 aromatic heterocycles. The molecule has 120 valence electrons. The maximum atomic E-state index is 13.1. The second kappa shape index (κ2) is 7.06. The number of halogens is 2. The van der Waals surface area contributed by atoms with Crippen molar-refractivity contribution in [3.63, 3.8) is 0 Å². The summed E-state index contributed by atoms with van der Waals surface area (Å²) in [6.45, 7) is 0. The van der Waals surface area contributed by atoms with E-state index in [-0.39, 0.29) is 5.56 Å². The molecule has 0 bridgehead atoms. The zero-order valence-corrected chi connectivity index (χ0v) is 13.1. The first-order valence-electron chi connectivity index (χ1n) is 7.02. The highest BCUT2D eigenvalue weighted by molar-refractivity contribution is 6.33. The maximum Gasteiger partial charge on any atom is 0.258 e. The topological polar surface area (TPSA) is 66.9 Å². The molecule has 0 spiro atoms. The molecule has 0 atom stereocenters. The second-order valence-electron chi connectivity index (χ2n) is 4.86. The van der Waals surface area contributed by atoms with Crippen molar-refractivity contribution in [2.24, 2.45) is 0 Å². The van der Waals surface area contributed by atoms with Crippen LogP contribution in [0.15, 0.2) is 60.9 Å². The first-order chi connectivity index (χ1) is 11.6. The van der Waals surface area contributed by atoms with E-state index < -0.39 is 11.7 Å². The van der Waals surface area contributed by atoms with E-state index in [1.54, 1.807) is 18.2 Å². The fourth-order valence-electron chi connectivity index (χ4n) is 1.96. The molecule has 0 fully saturated rings. The van der Waals surface area contributed by atoms with Gasteiger partial charge in [-0.3, -0.25) is 4.79 Å². The first-order valence-corrected chi connectivity index (χ1v) is 7.40. The lowest BCUT2D eigenvalue weighted by molar-refractivity contribution is 0.102. The molecule has 24 heavy (non-hydrogen) atoms. The number of aromatic nitrogens is 2. The van der Waals surface area contributed by atoms with Gasteiger partial charge in [0, 0.05) is 18.1 Å². The Kier molecular flexibility index (Phi) is 4.67. The lowest BCUT2D eigenvalue weighted by Crippen LogP contribution is -2.13. The summed E-state index contributed by atoms with van der Waals surface area (Å²) in [7, 11) is 0. The normalized spacial score (nSPS) is 10.2. The molecule has 1 amide bonds. The first kappa shape index (κ1) is 15.9. The Morgan fingerprint density at radius 3 is 2.50 bits per heavy atom. The molecule has 0 aliphatic heterocycles. The predicted molar refractivity (Wildman–Crippen MR) is 91.1 cm³/mol. The number of nitrogens with zero attached hydrogens (tertiary/aromatic N) is 2. The highest BCUT2D eigenvalue weighted by atomic mass is 35.5. The minimum Gasteiger partial charge on any atom is -0.323 e. The lowest BCUT2D eigenvalue weighted by atomic mass is 10.2. The highest BCUT2D eigenvalue weighted by Gasteiger charge is 2.09. The highest BCUT2D eigenvalue weighted by Crippen LogP contribution is 2.23. The van der Waals surface area contributed by atoms with Crippen LogP contribution in [0.2, 0.25) is 5.02 Å². The van der Waals surface area contributed by atoms with Gasteiger partial charge in [-0.1, -0.05) is 29.8 Å². The Bertz CT molecular complexity index is 870. The van der Waals surface area contributed by atoms with E-state index in [9.17, 15) is 9.18 Å². The van der Waals surface area contributed by atoms with Gasteiger partial charge in [0.2, 0.25) is 5.95 Å². The average Bonchev–Trinajstić information content (AvgIpc) is 2.57. The van der Waals surface area contributed by atoms with Crippen molar-refractivity contribution in [2.45, 2.75) is 0 Å². The van der Waals surface area contributed by atoms with Crippen LogP contribution in [0, 0.1) is 5.82 Å². The van der Waals surface area contributed by atoms with Crippen LogP contribution in [-0.2, 0) is 0 Å². The molecule has 3 rings (SSSR count). The standard InChI is InChI=1S/C17H12ClFN4O/c18-14-6-1-2-7-15(14)23-17-20-9-11(10-21-17)16(24)22-13-5-3-4-12(19)8-13/h1-10H,(H,22,24)(H,20,21,23). The third kappa shape index (κ3) is 3.85. The SMILES string of the molecule is O=C(Nc1cccc(F)c1)c1cnc(Nc2ccccc2Cl)nc1. The summed E-state index contributed by atoms with van der Waals surface area (Å²) >= 11 is 6.05. The van der Waals surface area contributed by atoms with Gasteiger partial charge in [-0.25, -0.2) is 14.4 Å². The van der Waals surface area contributed by atoms with Crippen LogP contribution in [0.3, 0.4) is 0 Å². The molecule has 2 N–H and O–H groups in total. The summed E-state index contributed by atoms with van der Waals surface area (Å²) in [4.78, 5) is 20.3. The Hall–Kier alpha value is -2.99. The van der Waals surface area contributed by atoms with E-state index in [1.165, 1.54) is 30.6 Å². The van der Waals surface area contributed by atoms with Crippen molar-refractivity contribution < 1.29 is 9.18 Å². The average molecular weight is 343 g/mol. The molecule has 1 heterocycles. The maximum absolute atomic E-state index is 13.1. The summed E-state index contributed by atoms with van der Waals surface area (Å²) in [5.41, 5.74) is 1.28. The number of hydrogen-bond acceptors (Lipinski definition) is 4. The van der Waals surface area contributed by atoms with Gasteiger partial charge >= 0.3 is 0 Å². The van der Waals surface area contributed by atoms with Gasteiger partial charge < -0.3 is 10.6 Å². The number of hydrogen-bond donors (Lipinski definition) is 2. The molecular weight excluding hydrogens is 331 g/mol. The zero-order valence-electron chi connectivity index (χ0n) is 12.3. The molecule has 0 aliphatic carbocycles. The van der Waals surface area contributed by atoms with Crippen molar-refractivity contribution in [1.82, 2.24) is 9.97 Å². The third-order valence-corrected chi connectivity index (χ3v) is 3.45. The van der Waals surface area contributed by atoms with Gasteiger partial charge in [-0.05, 0) is 30.3 Å². The molecule has 7 heteroatoms. The van der Waals surface area contributed by atoms with Crippen LogP contribution in [0.4, 0.5) is 21.7 Å². The summed E-state index contributed by atoms with van der Waals surface area (Å²) in [5.74, 6) is -0.543. The monoisotopic (exact) mass is 342 g/mol. The Labute approximate surface area is 142 Å². The van der Waals surface area contributed by atoms with Crippen LogP contribution in [0.5, 0.6) is 0 Å². The van der Waals surface area contributed by atoms with E-state index in [0.29, 0.717) is 22.3 Å². The minimum atomic E-state index is -0.427. The van der Waals surface area contributed by atoms with Gasteiger partial charge in [0.25, 0.3) is 5.91 Å². The van der Waals surface area contributed by atoms with Crippen LogP contribution in [0.25, 0.3) is 0 Å². The number of anilines is 3. The summed E-state index contributed by atoms with van der Waals surface area (Å²) in [5, 5.41) is 6.07. The Morgan fingerprint density at radius 2 is 1.79 bits per heavy atom. The number of para-hydroxylation sites is 1. The number of amides is 1. The van der Waals surface area contributed by atoms with Gasteiger partial charge in [0.15, 0.2) is 0 Å². The summed E-state index contributed by atoms with van der Waals surface area (Å²) in [6, 6.07) is 12.8. The summed E-state index contributed by atoms with van der Waals surface area (Å²) < 4.78 is 13.1. The summed E-state index contributed by atoms with van der Waals surface area (Å²) in [6.07, 6.45) is 2.75. The molecular formula is C17H12ClFN4O. The van der Waals surface area contributed by atoms with Crippen molar-refractivity contribution in [3.8, 4) is 0 Å². The fraction of sp³-hybridized carbons (Fsp3) is 0. The number of rotatable bonds is 4. The lowest BCUT2D eigenvalue weighted by Gasteiger charge is -2.07. The largest absolute Gasteiger partial charge is 0.323 e. The zero-order chi connectivity index (χ0) is 16.9. The number of carbonyl (C=O) groups excluding carboxylic acids is 1. The van der Waals surface area contributed by atoms with Crippen molar-refractivity contribution >= 4 is 34.8 Å². The fourth-order valence-corrected chi connectivity index (χ4v) is 2.15. The van der Waals surface area contributed by atoms with Gasteiger partial charge in [0.1, 0.15) is 5.82 Å². The molecule has 5 nitrogen and oxygen atoms in total. The van der Waals surface area contributed by atoms with Crippen molar-refractivity contribution in [2.75, 3.05) is 10.6 Å². The quantitative estimate of drug-likeness (QED) is 0.743. The van der Waals surface area contributed by atoms with E-state index in [1.807, 2.05) is 12.1 Å². The molecule has 3 aromatic rings. The molecule has 0 saturated heterocycles. The second-order valence-corrected chi connectivity index (χ2v) is 5.27. The predicted octanol–water partition coefficient (Wildman–Crippen LogP) is 4.27.